The first-order chi connectivity index (χ1) is 7.75. The van der Waals surface area contributed by atoms with Gasteiger partial charge in [0.05, 0.1) is 26.8 Å². The van der Waals surface area contributed by atoms with Crippen LogP contribution in [-0.2, 0) is 0 Å². The van der Waals surface area contributed by atoms with Crippen LogP contribution in [0.15, 0.2) is 29.9 Å². The Morgan fingerprint density at radius 1 is 1.25 bits per heavy atom. The number of carboxylic acid groups (broad SMARTS) is 1. The molecule has 0 bridgehead atoms. The number of hydrogen-bond donors (Lipinski definition) is 1. The van der Waals surface area contributed by atoms with E-state index in [1.807, 2.05) is 12.1 Å². The molecule has 78 valence electrons. The maximum Gasteiger partial charge on any atom is 0.337 e. The molecule has 0 aliphatic rings. The number of nitrogens with zero attached hydrogens (tertiary/aromatic N) is 2. The van der Waals surface area contributed by atoms with Gasteiger partial charge >= 0.3 is 5.97 Å². The van der Waals surface area contributed by atoms with E-state index in [9.17, 15) is 4.79 Å². The third-order valence-corrected chi connectivity index (χ3v) is 3.28. The highest BCUT2D eigenvalue weighted by Gasteiger charge is 2.08. The Hall–Kier alpha value is -2.01. The predicted octanol–water partition coefficient (Wildman–Crippen LogP) is 2.54. The van der Waals surface area contributed by atoms with Crippen molar-refractivity contribution in [1.82, 2.24) is 9.97 Å². The van der Waals surface area contributed by atoms with Crippen LogP contribution in [0.2, 0.25) is 0 Å². The summed E-state index contributed by atoms with van der Waals surface area (Å²) in [6, 6.07) is 5.38. The second-order valence-corrected chi connectivity index (χ2v) is 4.22. The van der Waals surface area contributed by atoms with Crippen LogP contribution in [0.5, 0.6) is 0 Å². The van der Waals surface area contributed by atoms with Gasteiger partial charge in [0.15, 0.2) is 0 Å². The van der Waals surface area contributed by atoms with Gasteiger partial charge in [-0.3, -0.25) is 4.98 Å². The molecule has 5 heteroatoms. The Morgan fingerprint density at radius 3 is 2.88 bits per heavy atom. The van der Waals surface area contributed by atoms with Crippen LogP contribution < -0.4 is 0 Å². The highest BCUT2D eigenvalue weighted by molar-refractivity contribution is 7.17. The lowest BCUT2D eigenvalue weighted by molar-refractivity contribution is 0.0696. The predicted molar refractivity (Wildman–Crippen MR) is 61.9 cm³/mol. The molecule has 0 amide bonds. The molecule has 0 saturated heterocycles. The molecular weight excluding hydrogens is 224 g/mol. The first-order valence-electron chi connectivity index (χ1n) is 4.61. The van der Waals surface area contributed by atoms with Crippen molar-refractivity contribution in [2.45, 2.75) is 0 Å². The number of benzene rings is 1. The fraction of sp³-hybridized carbons (Fsp3) is 0. The number of fused-ring (bicyclic) bond motifs is 3. The maximum absolute atomic E-state index is 10.9. The number of rotatable bonds is 1. The van der Waals surface area contributed by atoms with Gasteiger partial charge in [-0.05, 0) is 18.2 Å². The molecule has 0 unspecified atom stereocenters. The minimum Gasteiger partial charge on any atom is -0.478 e. The Kier molecular flexibility index (Phi) is 1.87. The number of thiazole rings is 1. The van der Waals surface area contributed by atoms with E-state index in [1.54, 1.807) is 11.6 Å². The summed E-state index contributed by atoms with van der Waals surface area (Å²) in [6.07, 6.45) is 1.37. The maximum atomic E-state index is 10.9. The van der Waals surface area contributed by atoms with Crippen molar-refractivity contribution in [2.24, 2.45) is 0 Å². The Bertz CT molecular complexity index is 705. The van der Waals surface area contributed by atoms with Gasteiger partial charge in [0.25, 0.3) is 0 Å². The Labute approximate surface area is 94.2 Å². The average Bonchev–Trinajstić information content (AvgIpc) is 2.76. The van der Waals surface area contributed by atoms with Crippen LogP contribution in [0.1, 0.15) is 10.4 Å². The van der Waals surface area contributed by atoms with Crippen LogP contribution in [0.4, 0.5) is 0 Å². The quantitative estimate of drug-likeness (QED) is 0.697. The minimum atomic E-state index is -0.962. The van der Waals surface area contributed by atoms with Crippen LogP contribution in [-0.4, -0.2) is 21.0 Å². The lowest BCUT2D eigenvalue weighted by Crippen LogP contribution is -1.96. The van der Waals surface area contributed by atoms with Crippen LogP contribution >= 0.6 is 11.3 Å². The van der Waals surface area contributed by atoms with Gasteiger partial charge in [0.1, 0.15) is 0 Å². The summed E-state index contributed by atoms with van der Waals surface area (Å²) in [5, 5.41) is 9.76. The van der Waals surface area contributed by atoms with E-state index in [2.05, 4.69) is 9.97 Å². The van der Waals surface area contributed by atoms with E-state index >= 15 is 0 Å². The van der Waals surface area contributed by atoms with E-state index < -0.39 is 5.97 Å². The molecular formula is C11H6N2O2S. The summed E-state index contributed by atoms with van der Waals surface area (Å²) in [6.45, 7) is 0. The van der Waals surface area contributed by atoms with Crippen LogP contribution in [0, 0.1) is 0 Å². The Morgan fingerprint density at radius 2 is 2.06 bits per heavy atom. The second-order valence-electron chi connectivity index (χ2n) is 3.36. The van der Waals surface area contributed by atoms with Crippen molar-refractivity contribution in [3.63, 3.8) is 0 Å². The van der Waals surface area contributed by atoms with Gasteiger partial charge in [-0.25, -0.2) is 9.78 Å². The number of pyridine rings is 1. The summed E-state index contributed by atoms with van der Waals surface area (Å²) in [5.74, 6) is -0.962. The van der Waals surface area contributed by atoms with E-state index in [0.717, 1.165) is 21.1 Å². The van der Waals surface area contributed by atoms with Gasteiger partial charge in [0.2, 0.25) is 0 Å². The fourth-order valence-corrected chi connectivity index (χ4v) is 2.44. The summed E-state index contributed by atoms with van der Waals surface area (Å²) < 4.78 is 0.980. The molecule has 2 aromatic heterocycles. The second kappa shape index (κ2) is 3.24. The third kappa shape index (κ3) is 1.25. The molecule has 0 aliphatic heterocycles. The largest absolute Gasteiger partial charge is 0.478 e. The lowest BCUT2D eigenvalue weighted by Gasteiger charge is -1.99. The molecule has 0 aliphatic carbocycles. The molecule has 0 spiro atoms. The first-order valence-corrected chi connectivity index (χ1v) is 5.49. The number of carboxylic acids is 1. The first kappa shape index (κ1) is 9.23. The molecule has 0 fully saturated rings. The molecule has 0 saturated carbocycles. The van der Waals surface area contributed by atoms with Crippen molar-refractivity contribution in [1.29, 1.82) is 0 Å². The fourth-order valence-electron chi connectivity index (χ4n) is 1.64. The molecule has 3 rings (SSSR count). The van der Waals surface area contributed by atoms with Gasteiger partial charge in [-0.1, -0.05) is 0 Å². The molecule has 2 heterocycles. The molecule has 3 aromatic rings. The van der Waals surface area contributed by atoms with E-state index in [4.69, 9.17) is 5.11 Å². The molecule has 4 nitrogen and oxygen atoms in total. The molecule has 0 radical (unpaired) electrons. The summed E-state index contributed by atoms with van der Waals surface area (Å²) in [7, 11) is 0. The number of aromatic carboxylic acids is 1. The normalized spacial score (nSPS) is 11.0. The number of carbonyl (C=O) groups is 1. The molecule has 0 atom stereocenters. The van der Waals surface area contributed by atoms with Gasteiger partial charge in [-0.2, -0.15) is 0 Å². The van der Waals surface area contributed by atoms with Gasteiger partial charge in [0, 0.05) is 11.6 Å². The van der Waals surface area contributed by atoms with E-state index in [0.29, 0.717) is 0 Å². The molecule has 1 aromatic carbocycles. The monoisotopic (exact) mass is 230 g/mol. The number of hydrogen-bond acceptors (Lipinski definition) is 4. The Balaban J connectivity index is 2.46. The molecule has 1 N–H and O–H groups in total. The lowest BCUT2D eigenvalue weighted by atomic mass is 10.1. The van der Waals surface area contributed by atoms with E-state index in [-0.39, 0.29) is 5.56 Å². The zero-order chi connectivity index (χ0) is 11.1. The van der Waals surface area contributed by atoms with Crippen molar-refractivity contribution < 1.29 is 9.90 Å². The summed E-state index contributed by atoms with van der Waals surface area (Å²) in [4.78, 5) is 19.2. The standard InChI is InChI=1S/C11H6N2O2S/c14-11(15)6-3-7-8(12-4-6)1-2-9-10(7)16-5-13-9/h1-5H,(H,14,15). The van der Waals surface area contributed by atoms with Crippen molar-refractivity contribution in [3.05, 3.63) is 35.5 Å². The third-order valence-electron chi connectivity index (χ3n) is 2.40. The van der Waals surface area contributed by atoms with Crippen molar-refractivity contribution in [3.8, 4) is 0 Å². The van der Waals surface area contributed by atoms with Crippen LogP contribution in [0.3, 0.4) is 0 Å². The highest BCUT2D eigenvalue weighted by atomic mass is 32.1. The molecule has 16 heavy (non-hydrogen) atoms. The topological polar surface area (TPSA) is 63.1 Å². The zero-order valence-electron chi connectivity index (χ0n) is 8.04. The van der Waals surface area contributed by atoms with E-state index in [1.165, 1.54) is 17.5 Å². The summed E-state index contributed by atoms with van der Waals surface area (Å²) >= 11 is 1.49. The van der Waals surface area contributed by atoms with Gasteiger partial charge < -0.3 is 5.11 Å². The van der Waals surface area contributed by atoms with Crippen molar-refractivity contribution >= 4 is 38.4 Å². The average molecular weight is 230 g/mol. The SMILES string of the molecule is O=C(O)c1cnc2ccc3ncsc3c2c1. The van der Waals surface area contributed by atoms with Gasteiger partial charge in [-0.15, -0.1) is 11.3 Å². The van der Waals surface area contributed by atoms with Crippen molar-refractivity contribution in [2.75, 3.05) is 0 Å². The zero-order valence-corrected chi connectivity index (χ0v) is 8.86. The highest BCUT2D eigenvalue weighted by Crippen LogP contribution is 2.27. The minimum absolute atomic E-state index is 0.202. The smallest absolute Gasteiger partial charge is 0.337 e. The van der Waals surface area contributed by atoms with Crippen LogP contribution in [0.25, 0.3) is 21.1 Å². The number of aromatic nitrogens is 2. The summed E-state index contributed by atoms with van der Waals surface area (Å²) in [5.41, 5.74) is 3.62.